The number of hydrogen-bond acceptors (Lipinski definition) is 8. The minimum Gasteiger partial charge on any atom is -0.378 e. The zero-order valence-corrected chi connectivity index (χ0v) is 20.1. The normalized spacial score (nSPS) is 14.3. The first-order chi connectivity index (χ1) is 16.8. The van der Waals surface area contributed by atoms with Crippen molar-refractivity contribution >= 4 is 40.8 Å². The van der Waals surface area contributed by atoms with Gasteiger partial charge in [0.1, 0.15) is 0 Å². The number of anilines is 1. The molecule has 0 aromatic heterocycles. The highest BCUT2D eigenvalue weighted by atomic mass is 16.7. The van der Waals surface area contributed by atoms with Gasteiger partial charge in [-0.05, 0) is 55.0 Å². The molecule has 0 radical (unpaired) electrons. The van der Waals surface area contributed by atoms with Crippen LogP contribution in [0, 0.1) is 5.92 Å². The number of carbonyl (C=O) groups excluding carboxylic acids is 4. The third-order valence-corrected chi connectivity index (χ3v) is 5.44. The van der Waals surface area contributed by atoms with E-state index in [0.29, 0.717) is 34.8 Å². The van der Waals surface area contributed by atoms with Crippen LogP contribution < -0.4 is 10.2 Å². The first-order valence-corrected chi connectivity index (χ1v) is 11.4. The maximum atomic E-state index is 12.6. The lowest BCUT2D eigenvalue weighted by Gasteiger charge is -2.19. The largest absolute Gasteiger partial charge is 0.378 e. The molecular formula is C25H29N5O5. The summed E-state index contributed by atoms with van der Waals surface area (Å²) in [6.45, 7) is 1.91. The van der Waals surface area contributed by atoms with E-state index in [1.54, 1.807) is 24.3 Å². The van der Waals surface area contributed by atoms with Crippen molar-refractivity contribution in [2.24, 2.45) is 16.1 Å². The molecule has 3 rings (SSSR count). The lowest BCUT2D eigenvalue weighted by atomic mass is 10.0. The highest BCUT2D eigenvalue weighted by Gasteiger charge is 2.34. The number of amides is 3. The van der Waals surface area contributed by atoms with E-state index in [-0.39, 0.29) is 25.3 Å². The van der Waals surface area contributed by atoms with Gasteiger partial charge in [-0.1, -0.05) is 13.3 Å². The van der Waals surface area contributed by atoms with Crippen molar-refractivity contribution in [3.05, 3.63) is 54.1 Å². The van der Waals surface area contributed by atoms with Crippen LogP contribution in [0.15, 0.2) is 58.8 Å². The van der Waals surface area contributed by atoms with E-state index in [2.05, 4.69) is 15.5 Å². The Balaban J connectivity index is 1.55. The molecule has 1 unspecified atom stereocenters. The Morgan fingerprint density at radius 1 is 0.971 bits per heavy atom. The van der Waals surface area contributed by atoms with Crippen molar-refractivity contribution in [1.29, 1.82) is 0 Å². The van der Waals surface area contributed by atoms with E-state index in [0.717, 1.165) is 5.69 Å². The van der Waals surface area contributed by atoms with Crippen molar-refractivity contribution in [3.63, 3.8) is 0 Å². The number of carbonyl (C=O) groups is 4. The summed E-state index contributed by atoms with van der Waals surface area (Å²) in [7, 11) is 3.92. The molecule has 1 N–H and O–H groups in total. The van der Waals surface area contributed by atoms with Crippen LogP contribution in [0.5, 0.6) is 0 Å². The van der Waals surface area contributed by atoms with E-state index in [1.807, 2.05) is 50.2 Å². The van der Waals surface area contributed by atoms with Gasteiger partial charge < -0.3 is 15.1 Å². The van der Waals surface area contributed by atoms with Gasteiger partial charge >= 0.3 is 5.97 Å². The van der Waals surface area contributed by atoms with Crippen LogP contribution in [0.1, 0.15) is 43.0 Å². The molecule has 10 heteroatoms. The molecule has 3 amide bonds. The van der Waals surface area contributed by atoms with Crippen LogP contribution in [-0.2, 0) is 19.2 Å². The first kappa shape index (κ1) is 25.5. The lowest BCUT2D eigenvalue weighted by Crippen LogP contribution is -2.39. The quantitative estimate of drug-likeness (QED) is 0.407. The molecule has 184 valence electrons. The second-order valence-electron chi connectivity index (χ2n) is 8.35. The lowest BCUT2D eigenvalue weighted by molar-refractivity contribution is -0.200. The Bertz CT molecular complexity index is 1080. The van der Waals surface area contributed by atoms with Gasteiger partial charge in [-0.25, -0.2) is 4.79 Å². The third kappa shape index (κ3) is 6.95. The van der Waals surface area contributed by atoms with E-state index in [1.165, 1.54) is 0 Å². The molecule has 0 spiro atoms. The number of nitrogens with one attached hydrogen (secondary N) is 1. The van der Waals surface area contributed by atoms with Crippen molar-refractivity contribution in [2.45, 2.75) is 32.6 Å². The zero-order valence-electron chi connectivity index (χ0n) is 20.1. The summed E-state index contributed by atoms with van der Waals surface area (Å²) in [5.41, 5.74) is 2.76. The molecule has 0 saturated carbocycles. The predicted molar refractivity (Wildman–Crippen MR) is 129 cm³/mol. The molecule has 1 saturated heterocycles. The van der Waals surface area contributed by atoms with Gasteiger partial charge in [-0.3, -0.25) is 14.4 Å². The average Bonchev–Trinajstić information content (AvgIpc) is 3.17. The summed E-state index contributed by atoms with van der Waals surface area (Å²) in [6, 6.07) is 14.2. The Morgan fingerprint density at radius 3 is 2.03 bits per heavy atom. The summed E-state index contributed by atoms with van der Waals surface area (Å²) in [4.78, 5) is 55.4. The molecule has 0 bridgehead atoms. The summed E-state index contributed by atoms with van der Waals surface area (Å²) >= 11 is 0. The summed E-state index contributed by atoms with van der Waals surface area (Å²) in [5, 5.41) is 11.6. The van der Waals surface area contributed by atoms with Gasteiger partial charge in [0.15, 0.2) is 0 Å². The molecule has 1 atom stereocenters. The van der Waals surface area contributed by atoms with Gasteiger partial charge in [-0.2, -0.15) is 10.2 Å². The molecule has 1 aliphatic heterocycles. The van der Waals surface area contributed by atoms with E-state index < -0.39 is 23.7 Å². The van der Waals surface area contributed by atoms with Crippen LogP contribution in [0.4, 0.5) is 17.1 Å². The Hall–Kier alpha value is -4.08. The maximum Gasteiger partial charge on any atom is 0.338 e. The molecule has 10 nitrogen and oxygen atoms in total. The van der Waals surface area contributed by atoms with Gasteiger partial charge in [0.2, 0.25) is 0 Å². The highest BCUT2D eigenvalue weighted by molar-refractivity contribution is 6.01. The smallest absolute Gasteiger partial charge is 0.338 e. The molecular weight excluding hydrogens is 450 g/mol. The number of benzene rings is 2. The number of imide groups is 1. The number of azo groups is 1. The Kier molecular flexibility index (Phi) is 8.66. The minimum absolute atomic E-state index is 0.0200. The SMILES string of the molecule is CCCC(CNC(=O)c1ccc(N=Nc2ccc(N(C)C)cc2)cc1)C(=O)ON1C(=O)CCC1=O. The van der Waals surface area contributed by atoms with Gasteiger partial charge in [-0.15, -0.1) is 5.06 Å². The number of hydrogen-bond donors (Lipinski definition) is 1. The van der Waals surface area contributed by atoms with Gasteiger partial charge in [0.25, 0.3) is 17.7 Å². The second-order valence-corrected chi connectivity index (χ2v) is 8.35. The summed E-state index contributed by atoms with van der Waals surface area (Å²) in [6.07, 6.45) is 1.15. The fourth-order valence-corrected chi connectivity index (χ4v) is 3.40. The Labute approximate surface area is 203 Å². The van der Waals surface area contributed by atoms with Gasteiger partial charge in [0, 0.05) is 44.7 Å². The van der Waals surface area contributed by atoms with Crippen molar-refractivity contribution in [2.75, 3.05) is 25.5 Å². The molecule has 35 heavy (non-hydrogen) atoms. The monoisotopic (exact) mass is 479 g/mol. The zero-order chi connectivity index (χ0) is 25.4. The number of rotatable bonds is 10. The van der Waals surface area contributed by atoms with Crippen LogP contribution in [0.2, 0.25) is 0 Å². The van der Waals surface area contributed by atoms with E-state index >= 15 is 0 Å². The predicted octanol–water partition coefficient (Wildman–Crippen LogP) is 3.92. The highest BCUT2D eigenvalue weighted by Crippen LogP contribution is 2.22. The molecule has 1 heterocycles. The number of hydroxylamine groups is 2. The molecule has 2 aromatic carbocycles. The second kappa shape index (κ2) is 11.9. The first-order valence-electron chi connectivity index (χ1n) is 11.4. The fourth-order valence-electron chi connectivity index (χ4n) is 3.40. The van der Waals surface area contributed by atoms with Crippen molar-refractivity contribution < 1.29 is 24.0 Å². The van der Waals surface area contributed by atoms with Crippen LogP contribution in [0.25, 0.3) is 0 Å². The van der Waals surface area contributed by atoms with E-state index in [4.69, 9.17) is 4.84 Å². The van der Waals surface area contributed by atoms with Crippen molar-refractivity contribution in [1.82, 2.24) is 10.4 Å². The minimum atomic E-state index is -0.717. The Morgan fingerprint density at radius 2 is 1.51 bits per heavy atom. The number of nitrogens with zero attached hydrogens (tertiary/aromatic N) is 4. The van der Waals surface area contributed by atoms with Crippen LogP contribution in [-0.4, -0.2) is 49.4 Å². The standard InChI is InChI=1S/C25H29N5O5/c1-4-5-18(25(34)35-30-22(31)14-15-23(30)32)16-26-24(33)17-6-8-19(9-7-17)27-28-20-10-12-21(13-11-20)29(2)3/h6-13,18H,4-5,14-16H2,1-3H3,(H,26,33). The molecule has 1 aliphatic rings. The topological polar surface area (TPSA) is 121 Å². The fraction of sp³-hybridized carbons (Fsp3) is 0.360. The van der Waals surface area contributed by atoms with Crippen LogP contribution in [0.3, 0.4) is 0 Å². The third-order valence-electron chi connectivity index (χ3n) is 5.44. The van der Waals surface area contributed by atoms with Gasteiger partial charge in [0.05, 0.1) is 17.3 Å². The van der Waals surface area contributed by atoms with E-state index in [9.17, 15) is 19.2 Å². The molecule has 1 fully saturated rings. The van der Waals surface area contributed by atoms with Crippen LogP contribution >= 0.6 is 0 Å². The average molecular weight is 480 g/mol. The summed E-state index contributed by atoms with van der Waals surface area (Å²) in [5.74, 6) is -2.84. The molecule has 0 aliphatic carbocycles. The maximum absolute atomic E-state index is 12.6. The summed E-state index contributed by atoms with van der Waals surface area (Å²) < 4.78 is 0. The van der Waals surface area contributed by atoms with Crippen molar-refractivity contribution in [3.8, 4) is 0 Å². The molecule has 2 aromatic rings.